The van der Waals surface area contributed by atoms with Crippen LogP contribution in [0.1, 0.15) is 36.3 Å². The predicted octanol–water partition coefficient (Wildman–Crippen LogP) is 3.02. The number of hydrogen-bond acceptors (Lipinski definition) is 5. The van der Waals surface area contributed by atoms with E-state index in [4.69, 9.17) is 4.98 Å². The number of nitrogens with zero attached hydrogens (tertiary/aromatic N) is 4. The van der Waals surface area contributed by atoms with E-state index in [1.165, 1.54) is 0 Å². The zero-order valence-corrected chi connectivity index (χ0v) is 16.0. The summed E-state index contributed by atoms with van der Waals surface area (Å²) in [5, 5.41) is 8.96. The molecule has 0 saturated carbocycles. The molecule has 1 N–H and O–H groups in total. The first-order valence-electron chi connectivity index (χ1n) is 9.89. The van der Waals surface area contributed by atoms with Crippen LogP contribution in [0.5, 0.6) is 0 Å². The Kier molecular flexibility index (Phi) is 4.00. The molecule has 1 aromatic carbocycles. The second-order valence-corrected chi connectivity index (χ2v) is 7.93. The van der Waals surface area contributed by atoms with Crippen molar-refractivity contribution in [1.29, 1.82) is 0 Å². The summed E-state index contributed by atoms with van der Waals surface area (Å²) in [7, 11) is 0. The highest BCUT2D eigenvalue weighted by atomic mass is 16.1. The van der Waals surface area contributed by atoms with Gasteiger partial charge in [0.15, 0.2) is 5.82 Å². The number of hydrogen-bond donors (Lipinski definition) is 1. The largest absolute Gasteiger partial charge is 0.354 e. The highest BCUT2D eigenvalue weighted by molar-refractivity contribution is 5.59. The number of fused-ring (bicyclic) bond motifs is 2. The van der Waals surface area contributed by atoms with E-state index >= 15 is 0 Å². The van der Waals surface area contributed by atoms with Gasteiger partial charge in [-0.15, -0.1) is 10.2 Å². The van der Waals surface area contributed by atoms with Crippen molar-refractivity contribution in [3.05, 3.63) is 69.9 Å². The summed E-state index contributed by atoms with van der Waals surface area (Å²) >= 11 is 0. The van der Waals surface area contributed by atoms with Crippen LogP contribution < -0.4 is 10.5 Å². The topological polar surface area (TPSA) is 74.8 Å². The van der Waals surface area contributed by atoms with Crippen molar-refractivity contribution in [3.8, 4) is 11.3 Å². The number of benzene rings is 1. The van der Waals surface area contributed by atoms with Crippen molar-refractivity contribution in [1.82, 2.24) is 20.2 Å². The number of H-pyrrole nitrogens is 1. The van der Waals surface area contributed by atoms with E-state index in [2.05, 4.69) is 26.1 Å². The third-order valence-electron chi connectivity index (χ3n) is 6.11. The molecule has 2 aliphatic rings. The molecule has 6 nitrogen and oxygen atoms in total. The van der Waals surface area contributed by atoms with E-state index in [0.29, 0.717) is 5.82 Å². The molecule has 3 heterocycles. The Morgan fingerprint density at radius 2 is 1.93 bits per heavy atom. The number of nitrogens with one attached hydrogen (secondary N) is 1. The lowest BCUT2D eigenvalue weighted by Gasteiger charge is -2.41. The highest BCUT2D eigenvalue weighted by Crippen LogP contribution is 2.43. The minimum absolute atomic E-state index is 0.0310. The van der Waals surface area contributed by atoms with Crippen molar-refractivity contribution >= 4 is 5.82 Å². The standard InChI is InChI=1S/C22H23N5O/c1-15-23-20-17(21(28)24-15)10-12-22(20)11-5-13-27(14-22)19-9-8-18(25-26-19)16-6-3-2-4-7-16/h2-4,6-9H,5,10-14H2,1H3,(H,23,24,28). The van der Waals surface area contributed by atoms with Gasteiger partial charge in [0.05, 0.1) is 11.4 Å². The Morgan fingerprint density at radius 3 is 2.71 bits per heavy atom. The van der Waals surface area contributed by atoms with Gasteiger partial charge in [-0.2, -0.15) is 0 Å². The van der Waals surface area contributed by atoms with E-state index in [1.54, 1.807) is 0 Å². The van der Waals surface area contributed by atoms with E-state index in [1.807, 2.05) is 43.3 Å². The first-order valence-corrected chi connectivity index (χ1v) is 9.89. The summed E-state index contributed by atoms with van der Waals surface area (Å²) in [5.74, 6) is 1.60. The first kappa shape index (κ1) is 17.1. The maximum atomic E-state index is 12.4. The average Bonchev–Trinajstić information content (AvgIpc) is 3.07. The van der Waals surface area contributed by atoms with Gasteiger partial charge in [0.2, 0.25) is 0 Å². The Labute approximate surface area is 163 Å². The quantitative estimate of drug-likeness (QED) is 0.747. The molecule has 5 rings (SSSR count). The van der Waals surface area contributed by atoms with Crippen molar-refractivity contribution < 1.29 is 0 Å². The molecule has 28 heavy (non-hydrogen) atoms. The summed E-state index contributed by atoms with van der Waals surface area (Å²) in [6.45, 7) is 3.66. The van der Waals surface area contributed by atoms with Crippen molar-refractivity contribution in [2.75, 3.05) is 18.0 Å². The number of rotatable bonds is 2. The lowest BCUT2D eigenvalue weighted by atomic mass is 9.77. The van der Waals surface area contributed by atoms with Crippen LogP contribution in [-0.4, -0.2) is 33.3 Å². The van der Waals surface area contributed by atoms with E-state index in [-0.39, 0.29) is 11.0 Å². The molecular weight excluding hydrogens is 350 g/mol. The molecule has 3 aromatic rings. The van der Waals surface area contributed by atoms with Crippen molar-refractivity contribution in [2.45, 2.75) is 38.0 Å². The molecular formula is C22H23N5O. The molecule has 1 atom stereocenters. The fourth-order valence-corrected chi connectivity index (χ4v) is 4.75. The number of aryl methyl sites for hydroxylation is 1. The van der Waals surface area contributed by atoms with Gasteiger partial charge in [-0.05, 0) is 44.7 Å². The number of anilines is 1. The van der Waals surface area contributed by atoms with Crippen molar-refractivity contribution in [2.24, 2.45) is 0 Å². The Balaban J connectivity index is 1.44. The molecule has 1 aliphatic heterocycles. The Morgan fingerprint density at radius 1 is 1.07 bits per heavy atom. The van der Waals surface area contributed by atoms with Crippen LogP contribution >= 0.6 is 0 Å². The van der Waals surface area contributed by atoms with Crippen LogP contribution in [0.2, 0.25) is 0 Å². The zero-order valence-electron chi connectivity index (χ0n) is 16.0. The van der Waals surface area contributed by atoms with Gasteiger partial charge >= 0.3 is 0 Å². The summed E-state index contributed by atoms with van der Waals surface area (Å²) in [4.78, 5) is 22.3. The number of aromatic amines is 1. The summed E-state index contributed by atoms with van der Waals surface area (Å²) in [6.07, 6.45) is 3.93. The average molecular weight is 373 g/mol. The second-order valence-electron chi connectivity index (χ2n) is 7.93. The Bertz CT molecular complexity index is 1060. The summed E-state index contributed by atoms with van der Waals surface area (Å²) in [6, 6.07) is 14.2. The van der Waals surface area contributed by atoms with E-state index in [9.17, 15) is 4.79 Å². The van der Waals surface area contributed by atoms with Gasteiger partial charge in [-0.1, -0.05) is 30.3 Å². The predicted molar refractivity (Wildman–Crippen MR) is 109 cm³/mol. The first-order chi connectivity index (χ1) is 13.6. The number of aromatic nitrogens is 4. The molecule has 1 fully saturated rings. The molecule has 1 spiro atoms. The van der Waals surface area contributed by atoms with Gasteiger partial charge in [0, 0.05) is 29.6 Å². The third-order valence-corrected chi connectivity index (χ3v) is 6.11. The molecule has 0 bridgehead atoms. The fourth-order valence-electron chi connectivity index (χ4n) is 4.75. The maximum Gasteiger partial charge on any atom is 0.254 e. The monoisotopic (exact) mass is 373 g/mol. The molecule has 1 unspecified atom stereocenters. The van der Waals surface area contributed by atoms with E-state index in [0.717, 1.165) is 67.1 Å². The minimum Gasteiger partial charge on any atom is -0.354 e. The number of piperidine rings is 1. The van der Waals surface area contributed by atoms with Gasteiger partial charge in [-0.25, -0.2) is 4.98 Å². The SMILES string of the molecule is Cc1nc2c(c(=O)[nH]1)CCC21CCCN(c2ccc(-c3ccccc3)nn2)C1. The molecule has 0 radical (unpaired) electrons. The molecule has 0 amide bonds. The fraction of sp³-hybridized carbons (Fsp3) is 0.364. The highest BCUT2D eigenvalue weighted by Gasteiger charge is 2.44. The maximum absolute atomic E-state index is 12.4. The Hall–Kier alpha value is -3.02. The van der Waals surface area contributed by atoms with Crippen LogP contribution in [0.4, 0.5) is 5.82 Å². The lowest BCUT2D eigenvalue weighted by molar-refractivity contribution is 0.332. The molecule has 2 aromatic heterocycles. The van der Waals surface area contributed by atoms with Gasteiger partial charge in [-0.3, -0.25) is 4.79 Å². The molecule has 1 saturated heterocycles. The summed E-state index contributed by atoms with van der Waals surface area (Å²) in [5.41, 5.74) is 3.81. The lowest BCUT2D eigenvalue weighted by Crippen LogP contribution is -2.46. The van der Waals surface area contributed by atoms with Crippen LogP contribution in [-0.2, 0) is 11.8 Å². The van der Waals surface area contributed by atoms with Crippen LogP contribution in [0, 0.1) is 6.92 Å². The molecule has 142 valence electrons. The minimum atomic E-state index is -0.0492. The zero-order chi connectivity index (χ0) is 19.1. The third kappa shape index (κ3) is 2.80. The van der Waals surface area contributed by atoms with Gasteiger partial charge < -0.3 is 9.88 Å². The van der Waals surface area contributed by atoms with Gasteiger partial charge in [0.25, 0.3) is 5.56 Å². The summed E-state index contributed by atoms with van der Waals surface area (Å²) < 4.78 is 0. The van der Waals surface area contributed by atoms with Crippen molar-refractivity contribution in [3.63, 3.8) is 0 Å². The van der Waals surface area contributed by atoms with Crippen LogP contribution in [0.15, 0.2) is 47.3 Å². The second kappa shape index (κ2) is 6.55. The van der Waals surface area contributed by atoms with Crippen LogP contribution in [0.25, 0.3) is 11.3 Å². The van der Waals surface area contributed by atoms with Gasteiger partial charge in [0.1, 0.15) is 5.82 Å². The van der Waals surface area contributed by atoms with E-state index < -0.39 is 0 Å². The molecule has 6 heteroatoms. The molecule has 1 aliphatic carbocycles. The smallest absolute Gasteiger partial charge is 0.254 e. The normalized spacial score (nSPS) is 21.1. The van der Waals surface area contributed by atoms with Crippen LogP contribution in [0.3, 0.4) is 0 Å².